The van der Waals surface area contributed by atoms with Crippen LogP contribution in [0.15, 0.2) is 0 Å². The molecule has 0 aromatic heterocycles. The molecule has 0 bridgehead atoms. The number of esters is 2. The molecule has 1 saturated heterocycles. The maximum absolute atomic E-state index is 11.9. The van der Waals surface area contributed by atoms with Gasteiger partial charge in [0.2, 0.25) is 0 Å². The van der Waals surface area contributed by atoms with Gasteiger partial charge in [-0.1, -0.05) is 26.7 Å². The second-order valence-corrected chi connectivity index (χ2v) is 4.85. The van der Waals surface area contributed by atoms with Crippen molar-refractivity contribution in [2.75, 3.05) is 26.3 Å². The average molecular weight is 271 g/mol. The van der Waals surface area contributed by atoms with E-state index in [0.717, 1.165) is 38.8 Å². The van der Waals surface area contributed by atoms with Crippen LogP contribution in [0.25, 0.3) is 0 Å². The van der Waals surface area contributed by atoms with Crippen molar-refractivity contribution in [2.24, 2.45) is 0 Å². The molecule has 1 atom stereocenters. The van der Waals surface area contributed by atoms with E-state index in [-0.39, 0.29) is 18.4 Å². The SMILES string of the molecule is CCCCOC(=O)CC(C(=O)OCCCC)N1CC1. The second kappa shape index (κ2) is 8.91. The zero-order valence-corrected chi connectivity index (χ0v) is 12.0. The minimum atomic E-state index is -0.453. The van der Waals surface area contributed by atoms with Crippen LogP contribution in [0.1, 0.15) is 46.0 Å². The molecule has 110 valence electrons. The molecule has 0 aliphatic carbocycles. The molecule has 1 unspecified atom stereocenters. The summed E-state index contributed by atoms with van der Waals surface area (Å²) in [5, 5.41) is 0. The number of nitrogens with zero attached hydrogens (tertiary/aromatic N) is 1. The van der Waals surface area contributed by atoms with Crippen molar-refractivity contribution in [3.63, 3.8) is 0 Å². The minimum Gasteiger partial charge on any atom is -0.466 e. The molecule has 0 spiro atoms. The fourth-order valence-corrected chi connectivity index (χ4v) is 1.69. The number of ether oxygens (including phenoxy) is 2. The topological polar surface area (TPSA) is 55.6 Å². The van der Waals surface area contributed by atoms with E-state index >= 15 is 0 Å². The van der Waals surface area contributed by atoms with E-state index in [4.69, 9.17) is 9.47 Å². The first kappa shape index (κ1) is 16.0. The fourth-order valence-electron chi connectivity index (χ4n) is 1.69. The highest BCUT2D eigenvalue weighted by molar-refractivity contribution is 5.83. The summed E-state index contributed by atoms with van der Waals surface area (Å²) < 4.78 is 10.3. The predicted molar refractivity (Wildman–Crippen MR) is 71.7 cm³/mol. The predicted octanol–water partition coefficient (Wildman–Crippen LogP) is 1.75. The van der Waals surface area contributed by atoms with E-state index in [9.17, 15) is 9.59 Å². The molecule has 0 amide bonds. The molecule has 5 nitrogen and oxygen atoms in total. The van der Waals surface area contributed by atoms with Crippen molar-refractivity contribution in [2.45, 2.75) is 52.0 Å². The molecule has 0 N–H and O–H groups in total. The third-order valence-corrected chi connectivity index (χ3v) is 3.06. The van der Waals surface area contributed by atoms with E-state index in [2.05, 4.69) is 0 Å². The zero-order valence-electron chi connectivity index (χ0n) is 12.0. The molecule has 5 heteroatoms. The van der Waals surface area contributed by atoms with Gasteiger partial charge in [-0.15, -0.1) is 0 Å². The molecule has 1 rings (SSSR count). The average Bonchev–Trinajstić information content (AvgIpc) is 3.20. The van der Waals surface area contributed by atoms with E-state index < -0.39 is 6.04 Å². The Bertz CT molecular complexity index is 289. The molecule has 0 aromatic rings. The van der Waals surface area contributed by atoms with Crippen LogP contribution in [0.4, 0.5) is 0 Å². The van der Waals surface area contributed by atoms with Gasteiger partial charge < -0.3 is 9.47 Å². The summed E-state index contributed by atoms with van der Waals surface area (Å²) in [4.78, 5) is 25.5. The van der Waals surface area contributed by atoms with Crippen LogP contribution < -0.4 is 0 Å². The van der Waals surface area contributed by atoms with Gasteiger partial charge in [0.15, 0.2) is 0 Å². The molecule has 1 heterocycles. The highest BCUT2D eigenvalue weighted by Gasteiger charge is 2.36. The van der Waals surface area contributed by atoms with Crippen LogP contribution in [0.5, 0.6) is 0 Å². The van der Waals surface area contributed by atoms with Gasteiger partial charge in [0.05, 0.1) is 19.6 Å². The third kappa shape index (κ3) is 6.57. The van der Waals surface area contributed by atoms with Crippen LogP contribution in [-0.2, 0) is 19.1 Å². The molecule has 1 aliphatic heterocycles. The first-order chi connectivity index (χ1) is 9.19. The Morgan fingerprint density at radius 1 is 1.05 bits per heavy atom. The smallest absolute Gasteiger partial charge is 0.323 e. The van der Waals surface area contributed by atoms with Crippen molar-refractivity contribution in [1.29, 1.82) is 0 Å². The Morgan fingerprint density at radius 2 is 1.63 bits per heavy atom. The number of rotatable bonds is 10. The summed E-state index contributed by atoms with van der Waals surface area (Å²) in [6.07, 6.45) is 3.80. The Balaban J connectivity index is 2.31. The Hall–Kier alpha value is -1.10. The third-order valence-electron chi connectivity index (χ3n) is 3.06. The van der Waals surface area contributed by atoms with Gasteiger partial charge in [0.25, 0.3) is 0 Å². The van der Waals surface area contributed by atoms with Crippen LogP contribution in [0, 0.1) is 0 Å². The van der Waals surface area contributed by atoms with Gasteiger partial charge in [-0.05, 0) is 12.8 Å². The maximum Gasteiger partial charge on any atom is 0.323 e. The van der Waals surface area contributed by atoms with Gasteiger partial charge >= 0.3 is 11.9 Å². The fraction of sp³-hybridized carbons (Fsp3) is 0.857. The molecule has 1 fully saturated rings. The van der Waals surface area contributed by atoms with Gasteiger partial charge in [-0.25, -0.2) is 0 Å². The van der Waals surface area contributed by atoms with Gasteiger partial charge in [0.1, 0.15) is 6.04 Å². The van der Waals surface area contributed by atoms with Crippen LogP contribution >= 0.6 is 0 Å². The number of hydrogen-bond acceptors (Lipinski definition) is 5. The lowest BCUT2D eigenvalue weighted by Gasteiger charge is -2.16. The molecule has 0 aromatic carbocycles. The summed E-state index contributed by atoms with van der Waals surface area (Å²) in [7, 11) is 0. The van der Waals surface area contributed by atoms with Crippen molar-refractivity contribution >= 4 is 11.9 Å². The summed E-state index contributed by atoms with van der Waals surface area (Å²) in [5.74, 6) is -0.601. The molecule has 0 radical (unpaired) electrons. The lowest BCUT2D eigenvalue weighted by Crippen LogP contribution is -2.34. The largest absolute Gasteiger partial charge is 0.466 e. The Kier molecular flexibility index (Phi) is 7.48. The Labute approximate surface area is 115 Å². The van der Waals surface area contributed by atoms with Gasteiger partial charge in [-0.3, -0.25) is 14.5 Å². The highest BCUT2D eigenvalue weighted by atomic mass is 16.5. The summed E-state index contributed by atoms with van der Waals surface area (Å²) in [6.45, 7) is 6.67. The lowest BCUT2D eigenvalue weighted by molar-refractivity contribution is -0.154. The van der Waals surface area contributed by atoms with Gasteiger partial charge in [0, 0.05) is 13.1 Å². The Morgan fingerprint density at radius 3 is 2.16 bits per heavy atom. The molecule has 19 heavy (non-hydrogen) atoms. The summed E-state index contributed by atoms with van der Waals surface area (Å²) in [6, 6.07) is -0.453. The minimum absolute atomic E-state index is 0.106. The van der Waals surface area contributed by atoms with Crippen molar-refractivity contribution in [3.8, 4) is 0 Å². The van der Waals surface area contributed by atoms with Crippen molar-refractivity contribution in [3.05, 3.63) is 0 Å². The van der Waals surface area contributed by atoms with E-state index in [1.165, 1.54) is 0 Å². The highest BCUT2D eigenvalue weighted by Crippen LogP contribution is 2.16. The number of carbonyl (C=O) groups excluding carboxylic acids is 2. The monoisotopic (exact) mass is 271 g/mol. The van der Waals surface area contributed by atoms with Crippen LogP contribution in [0.3, 0.4) is 0 Å². The standard InChI is InChI=1S/C14H25NO4/c1-3-5-9-18-13(16)11-12(15-7-8-15)14(17)19-10-6-4-2/h12H,3-11H2,1-2H3. The lowest BCUT2D eigenvalue weighted by atomic mass is 10.2. The number of carbonyl (C=O) groups is 2. The van der Waals surface area contributed by atoms with Crippen molar-refractivity contribution < 1.29 is 19.1 Å². The quantitative estimate of drug-likeness (QED) is 0.344. The zero-order chi connectivity index (χ0) is 14.1. The molecule has 1 aliphatic rings. The van der Waals surface area contributed by atoms with Gasteiger partial charge in [-0.2, -0.15) is 0 Å². The first-order valence-corrected chi connectivity index (χ1v) is 7.25. The number of hydrogen-bond donors (Lipinski definition) is 0. The number of unbranched alkanes of at least 4 members (excludes halogenated alkanes) is 2. The van der Waals surface area contributed by atoms with E-state index in [1.54, 1.807) is 0 Å². The maximum atomic E-state index is 11.9. The molecule has 0 saturated carbocycles. The summed E-state index contributed by atoms with van der Waals surface area (Å²) >= 11 is 0. The molecular formula is C14H25NO4. The van der Waals surface area contributed by atoms with E-state index in [1.807, 2.05) is 18.7 Å². The van der Waals surface area contributed by atoms with E-state index in [0.29, 0.717) is 13.2 Å². The normalized spacial score (nSPS) is 15.9. The van der Waals surface area contributed by atoms with Crippen LogP contribution in [0.2, 0.25) is 0 Å². The molecular weight excluding hydrogens is 246 g/mol. The first-order valence-electron chi connectivity index (χ1n) is 7.25. The second-order valence-electron chi connectivity index (χ2n) is 4.85. The van der Waals surface area contributed by atoms with Crippen LogP contribution in [-0.4, -0.2) is 49.2 Å². The summed E-state index contributed by atoms with van der Waals surface area (Å²) in [5.41, 5.74) is 0. The van der Waals surface area contributed by atoms with Crippen molar-refractivity contribution in [1.82, 2.24) is 4.90 Å².